The Morgan fingerprint density at radius 1 is 1.19 bits per heavy atom. The van der Waals surface area contributed by atoms with Crippen molar-refractivity contribution in [2.45, 2.75) is 39.7 Å². The predicted octanol–water partition coefficient (Wildman–Crippen LogP) is 3.48. The third-order valence-electron chi connectivity index (χ3n) is 3.58. The number of hydrogen-bond donors (Lipinski definition) is 0. The van der Waals surface area contributed by atoms with Crippen molar-refractivity contribution in [3.8, 4) is 0 Å². The van der Waals surface area contributed by atoms with Crippen LogP contribution in [0.4, 0.5) is 0 Å². The molecule has 1 aliphatic rings. The minimum absolute atomic E-state index is 0.878. The standard InChI is InChI=1S/C15H23N/c1-3-14-6-8-15(9-7-14)12-16-10-4-5-13(2)11-16/h6-9,13H,3-5,10-12H2,1-2H3. The van der Waals surface area contributed by atoms with Crippen LogP contribution in [0.2, 0.25) is 0 Å². The van der Waals surface area contributed by atoms with Crippen molar-refractivity contribution in [2.75, 3.05) is 13.1 Å². The van der Waals surface area contributed by atoms with Gasteiger partial charge in [-0.2, -0.15) is 0 Å². The zero-order valence-electron chi connectivity index (χ0n) is 10.6. The van der Waals surface area contributed by atoms with E-state index in [4.69, 9.17) is 0 Å². The fourth-order valence-electron chi connectivity index (χ4n) is 2.57. The minimum atomic E-state index is 0.878. The Labute approximate surface area is 99.5 Å². The van der Waals surface area contributed by atoms with Gasteiger partial charge in [0.25, 0.3) is 0 Å². The van der Waals surface area contributed by atoms with E-state index in [1.807, 2.05) is 0 Å². The molecular formula is C15H23N. The highest BCUT2D eigenvalue weighted by Crippen LogP contribution is 2.18. The Morgan fingerprint density at radius 3 is 2.50 bits per heavy atom. The lowest BCUT2D eigenvalue weighted by Gasteiger charge is -2.30. The molecule has 0 aromatic heterocycles. The molecule has 16 heavy (non-hydrogen) atoms. The average molecular weight is 217 g/mol. The van der Waals surface area contributed by atoms with E-state index in [0.29, 0.717) is 0 Å². The highest BCUT2D eigenvalue weighted by atomic mass is 15.1. The summed E-state index contributed by atoms with van der Waals surface area (Å²) in [5.74, 6) is 0.878. The van der Waals surface area contributed by atoms with Gasteiger partial charge in [-0.15, -0.1) is 0 Å². The largest absolute Gasteiger partial charge is 0.299 e. The first-order valence-corrected chi connectivity index (χ1v) is 6.58. The van der Waals surface area contributed by atoms with E-state index in [-0.39, 0.29) is 0 Å². The summed E-state index contributed by atoms with van der Waals surface area (Å²) >= 11 is 0. The Morgan fingerprint density at radius 2 is 1.88 bits per heavy atom. The lowest BCUT2D eigenvalue weighted by atomic mass is 9.99. The normalized spacial score (nSPS) is 22.2. The molecule has 0 bridgehead atoms. The van der Waals surface area contributed by atoms with Crippen LogP contribution in [0.3, 0.4) is 0 Å². The first-order chi connectivity index (χ1) is 7.78. The zero-order valence-corrected chi connectivity index (χ0v) is 10.6. The van der Waals surface area contributed by atoms with Crippen LogP contribution in [0, 0.1) is 5.92 Å². The maximum Gasteiger partial charge on any atom is 0.0233 e. The monoisotopic (exact) mass is 217 g/mol. The van der Waals surface area contributed by atoms with Crippen molar-refractivity contribution in [2.24, 2.45) is 5.92 Å². The fourth-order valence-corrected chi connectivity index (χ4v) is 2.57. The Balaban J connectivity index is 1.92. The van der Waals surface area contributed by atoms with Gasteiger partial charge in [-0.1, -0.05) is 38.1 Å². The molecule has 0 saturated carbocycles. The maximum absolute atomic E-state index is 2.59. The van der Waals surface area contributed by atoms with Crippen LogP contribution in [-0.4, -0.2) is 18.0 Å². The lowest BCUT2D eigenvalue weighted by Crippen LogP contribution is -2.33. The van der Waals surface area contributed by atoms with Gasteiger partial charge < -0.3 is 0 Å². The number of piperidine rings is 1. The van der Waals surface area contributed by atoms with Gasteiger partial charge in [0.05, 0.1) is 0 Å². The lowest BCUT2D eigenvalue weighted by molar-refractivity contribution is 0.176. The molecular weight excluding hydrogens is 194 g/mol. The Hall–Kier alpha value is -0.820. The van der Waals surface area contributed by atoms with Gasteiger partial charge in [0.2, 0.25) is 0 Å². The fraction of sp³-hybridized carbons (Fsp3) is 0.600. The highest BCUT2D eigenvalue weighted by molar-refractivity contribution is 5.22. The SMILES string of the molecule is CCc1ccc(CN2CCCC(C)C2)cc1. The number of nitrogens with zero attached hydrogens (tertiary/aromatic N) is 1. The summed E-state index contributed by atoms with van der Waals surface area (Å²) in [6.07, 6.45) is 3.92. The van der Waals surface area contributed by atoms with Crippen LogP contribution in [0.25, 0.3) is 0 Å². The summed E-state index contributed by atoms with van der Waals surface area (Å²) in [7, 11) is 0. The van der Waals surface area contributed by atoms with E-state index in [9.17, 15) is 0 Å². The molecule has 1 nitrogen and oxygen atoms in total. The molecule has 2 rings (SSSR count). The van der Waals surface area contributed by atoms with Crippen molar-refractivity contribution < 1.29 is 0 Å². The minimum Gasteiger partial charge on any atom is -0.299 e. The molecule has 1 heteroatoms. The smallest absolute Gasteiger partial charge is 0.0233 e. The molecule has 1 aromatic rings. The highest BCUT2D eigenvalue weighted by Gasteiger charge is 2.15. The molecule has 1 fully saturated rings. The van der Waals surface area contributed by atoms with E-state index in [2.05, 4.69) is 43.0 Å². The van der Waals surface area contributed by atoms with Crippen LogP contribution < -0.4 is 0 Å². The number of benzene rings is 1. The second kappa shape index (κ2) is 5.49. The summed E-state index contributed by atoms with van der Waals surface area (Å²) < 4.78 is 0. The van der Waals surface area contributed by atoms with Gasteiger partial charge in [-0.05, 0) is 42.9 Å². The number of hydrogen-bond acceptors (Lipinski definition) is 1. The van der Waals surface area contributed by atoms with Gasteiger partial charge in [-0.3, -0.25) is 4.90 Å². The molecule has 1 atom stereocenters. The van der Waals surface area contributed by atoms with Gasteiger partial charge in [0.1, 0.15) is 0 Å². The van der Waals surface area contributed by atoms with Crippen LogP contribution in [0.15, 0.2) is 24.3 Å². The van der Waals surface area contributed by atoms with Crippen molar-refractivity contribution in [3.63, 3.8) is 0 Å². The van der Waals surface area contributed by atoms with E-state index in [1.54, 1.807) is 0 Å². The summed E-state index contributed by atoms with van der Waals surface area (Å²) in [5.41, 5.74) is 2.90. The third kappa shape index (κ3) is 3.08. The maximum atomic E-state index is 2.59. The van der Waals surface area contributed by atoms with Crippen LogP contribution in [0.5, 0.6) is 0 Å². The summed E-state index contributed by atoms with van der Waals surface area (Å²) in [6, 6.07) is 9.11. The van der Waals surface area contributed by atoms with Crippen molar-refractivity contribution in [1.82, 2.24) is 4.90 Å². The average Bonchev–Trinajstić information content (AvgIpc) is 2.30. The van der Waals surface area contributed by atoms with Crippen LogP contribution in [0.1, 0.15) is 37.8 Å². The molecule has 0 radical (unpaired) electrons. The molecule has 1 aromatic carbocycles. The number of likely N-dealkylation sites (tertiary alicyclic amines) is 1. The molecule has 1 aliphatic heterocycles. The summed E-state index contributed by atoms with van der Waals surface area (Å²) in [6.45, 7) is 8.26. The molecule has 88 valence electrons. The van der Waals surface area contributed by atoms with Crippen molar-refractivity contribution >= 4 is 0 Å². The van der Waals surface area contributed by atoms with E-state index < -0.39 is 0 Å². The molecule has 1 unspecified atom stereocenters. The second-order valence-electron chi connectivity index (χ2n) is 5.15. The zero-order chi connectivity index (χ0) is 11.4. The molecule has 1 saturated heterocycles. The molecule has 1 heterocycles. The summed E-state index contributed by atoms with van der Waals surface area (Å²) in [4.78, 5) is 2.59. The van der Waals surface area contributed by atoms with Gasteiger partial charge in [0, 0.05) is 13.1 Å². The van der Waals surface area contributed by atoms with E-state index >= 15 is 0 Å². The Kier molecular flexibility index (Phi) is 4.00. The molecule has 0 spiro atoms. The van der Waals surface area contributed by atoms with Gasteiger partial charge in [0.15, 0.2) is 0 Å². The van der Waals surface area contributed by atoms with Crippen molar-refractivity contribution in [1.29, 1.82) is 0 Å². The topological polar surface area (TPSA) is 3.24 Å². The molecule has 0 aliphatic carbocycles. The van der Waals surface area contributed by atoms with E-state index in [1.165, 1.54) is 37.1 Å². The third-order valence-corrected chi connectivity index (χ3v) is 3.58. The van der Waals surface area contributed by atoms with Gasteiger partial charge in [-0.25, -0.2) is 0 Å². The first kappa shape index (κ1) is 11.7. The van der Waals surface area contributed by atoms with Gasteiger partial charge >= 0.3 is 0 Å². The second-order valence-corrected chi connectivity index (χ2v) is 5.15. The van der Waals surface area contributed by atoms with E-state index in [0.717, 1.165) is 18.9 Å². The quantitative estimate of drug-likeness (QED) is 0.749. The molecule has 0 amide bonds. The van der Waals surface area contributed by atoms with Crippen molar-refractivity contribution in [3.05, 3.63) is 35.4 Å². The number of rotatable bonds is 3. The first-order valence-electron chi connectivity index (χ1n) is 6.58. The van der Waals surface area contributed by atoms with Crippen LogP contribution >= 0.6 is 0 Å². The van der Waals surface area contributed by atoms with Crippen LogP contribution in [-0.2, 0) is 13.0 Å². The summed E-state index contributed by atoms with van der Waals surface area (Å²) in [5, 5.41) is 0. The molecule has 0 N–H and O–H groups in total. The number of aryl methyl sites for hydroxylation is 1. The predicted molar refractivity (Wildman–Crippen MR) is 69.5 cm³/mol. The Bertz CT molecular complexity index is 315.